The van der Waals surface area contributed by atoms with Gasteiger partial charge in [0.15, 0.2) is 0 Å². The molecule has 1 aromatic heterocycles. The summed E-state index contributed by atoms with van der Waals surface area (Å²) >= 11 is 5.23. The van der Waals surface area contributed by atoms with E-state index in [2.05, 4.69) is 27.5 Å². The zero-order chi connectivity index (χ0) is 12.7. The number of amides is 1. The van der Waals surface area contributed by atoms with Crippen molar-refractivity contribution in [1.82, 2.24) is 9.88 Å². The molecule has 1 aromatic rings. The van der Waals surface area contributed by atoms with Crippen LogP contribution in [-0.4, -0.2) is 29.0 Å². The van der Waals surface area contributed by atoms with E-state index in [1.165, 1.54) is 0 Å². The standard InChI is InChI=1S/C12H19BrN2OS/c1-3-15-9-10(13)8-11(15)12(16)14-6-4-5-7-17-2/h8-9H,3-7H2,1-2H3,(H,14,16). The first-order valence-electron chi connectivity index (χ1n) is 5.81. The maximum atomic E-state index is 11.9. The molecule has 1 rings (SSSR count). The fourth-order valence-electron chi connectivity index (χ4n) is 1.59. The van der Waals surface area contributed by atoms with Gasteiger partial charge in [-0.1, -0.05) is 0 Å². The molecule has 0 aliphatic heterocycles. The molecule has 1 amide bonds. The van der Waals surface area contributed by atoms with Gasteiger partial charge in [0.1, 0.15) is 5.69 Å². The Bertz CT molecular complexity index is 365. The van der Waals surface area contributed by atoms with Crippen molar-refractivity contribution in [2.45, 2.75) is 26.3 Å². The van der Waals surface area contributed by atoms with Crippen molar-refractivity contribution in [2.75, 3.05) is 18.6 Å². The van der Waals surface area contributed by atoms with Crippen molar-refractivity contribution in [3.8, 4) is 0 Å². The van der Waals surface area contributed by atoms with Gasteiger partial charge in [0.2, 0.25) is 0 Å². The Balaban J connectivity index is 2.41. The molecule has 0 aliphatic rings. The van der Waals surface area contributed by atoms with E-state index >= 15 is 0 Å². The number of unbranched alkanes of at least 4 members (excludes halogenated alkanes) is 1. The smallest absolute Gasteiger partial charge is 0.267 e. The molecular weight excluding hydrogens is 300 g/mol. The molecule has 0 unspecified atom stereocenters. The number of thioether (sulfide) groups is 1. The van der Waals surface area contributed by atoms with Gasteiger partial charge in [-0.05, 0) is 53.8 Å². The second kappa shape index (κ2) is 7.82. The molecule has 5 heteroatoms. The van der Waals surface area contributed by atoms with Crippen LogP contribution in [0.4, 0.5) is 0 Å². The molecule has 3 nitrogen and oxygen atoms in total. The van der Waals surface area contributed by atoms with Crippen molar-refractivity contribution in [1.29, 1.82) is 0 Å². The predicted octanol–water partition coefficient (Wildman–Crippen LogP) is 3.14. The Hall–Kier alpha value is -0.420. The number of hydrogen-bond donors (Lipinski definition) is 1. The zero-order valence-corrected chi connectivity index (χ0v) is 12.7. The van der Waals surface area contributed by atoms with Crippen LogP contribution >= 0.6 is 27.7 Å². The van der Waals surface area contributed by atoms with Crippen molar-refractivity contribution < 1.29 is 4.79 Å². The van der Waals surface area contributed by atoms with Crippen molar-refractivity contribution in [3.63, 3.8) is 0 Å². The van der Waals surface area contributed by atoms with Crippen LogP contribution in [0.3, 0.4) is 0 Å². The van der Waals surface area contributed by atoms with Gasteiger partial charge in [-0.3, -0.25) is 4.79 Å². The fourth-order valence-corrected chi connectivity index (χ4v) is 2.55. The molecule has 0 spiro atoms. The Kier molecular flexibility index (Phi) is 6.73. The van der Waals surface area contributed by atoms with Crippen LogP contribution in [0.25, 0.3) is 0 Å². The molecule has 0 radical (unpaired) electrons. The molecule has 96 valence electrons. The second-order valence-corrected chi connectivity index (χ2v) is 5.69. The summed E-state index contributed by atoms with van der Waals surface area (Å²) in [7, 11) is 0. The number of nitrogens with zero attached hydrogens (tertiary/aromatic N) is 1. The highest BCUT2D eigenvalue weighted by Gasteiger charge is 2.11. The maximum Gasteiger partial charge on any atom is 0.267 e. The Morgan fingerprint density at radius 3 is 2.94 bits per heavy atom. The minimum Gasteiger partial charge on any atom is -0.351 e. The van der Waals surface area contributed by atoms with E-state index in [1.54, 1.807) is 0 Å². The molecule has 0 bridgehead atoms. The average Bonchev–Trinajstić information content (AvgIpc) is 2.70. The molecule has 1 heterocycles. The number of nitrogens with one attached hydrogen (secondary N) is 1. The summed E-state index contributed by atoms with van der Waals surface area (Å²) in [4.78, 5) is 11.9. The van der Waals surface area contributed by atoms with Crippen LogP contribution in [-0.2, 0) is 6.54 Å². The lowest BCUT2D eigenvalue weighted by Gasteiger charge is -2.07. The summed E-state index contributed by atoms with van der Waals surface area (Å²) in [6.07, 6.45) is 6.23. The number of carbonyl (C=O) groups is 1. The van der Waals surface area contributed by atoms with E-state index in [0.717, 1.165) is 41.9 Å². The third kappa shape index (κ3) is 4.76. The molecule has 1 N–H and O–H groups in total. The highest BCUT2D eigenvalue weighted by atomic mass is 79.9. The first kappa shape index (κ1) is 14.6. The van der Waals surface area contributed by atoms with Crippen LogP contribution in [0.5, 0.6) is 0 Å². The third-order valence-corrected chi connectivity index (χ3v) is 3.63. The zero-order valence-electron chi connectivity index (χ0n) is 10.3. The first-order valence-corrected chi connectivity index (χ1v) is 8.00. The van der Waals surface area contributed by atoms with E-state index in [-0.39, 0.29) is 5.91 Å². The van der Waals surface area contributed by atoms with Gasteiger partial charge in [-0.15, -0.1) is 0 Å². The molecule has 0 aromatic carbocycles. The topological polar surface area (TPSA) is 34.0 Å². The number of rotatable bonds is 7. The third-order valence-electron chi connectivity index (χ3n) is 2.50. The number of halogens is 1. The molecule has 0 aliphatic carbocycles. The lowest BCUT2D eigenvalue weighted by atomic mass is 10.3. The number of hydrogen-bond acceptors (Lipinski definition) is 2. The average molecular weight is 319 g/mol. The van der Waals surface area contributed by atoms with Gasteiger partial charge in [0.25, 0.3) is 5.91 Å². The number of aromatic nitrogens is 1. The fraction of sp³-hybridized carbons (Fsp3) is 0.583. The van der Waals surface area contributed by atoms with Gasteiger partial charge in [-0.25, -0.2) is 0 Å². The highest BCUT2D eigenvalue weighted by Crippen LogP contribution is 2.14. The van der Waals surface area contributed by atoms with E-state index < -0.39 is 0 Å². The summed E-state index contributed by atoms with van der Waals surface area (Å²) in [6, 6.07) is 1.86. The van der Waals surface area contributed by atoms with E-state index in [1.807, 2.05) is 35.5 Å². The SMILES string of the molecule is CCn1cc(Br)cc1C(=O)NCCCCSC. The lowest BCUT2D eigenvalue weighted by Crippen LogP contribution is -2.26. The minimum atomic E-state index is 0.0155. The van der Waals surface area contributed by atoms with Gasteiger partial charge in [-0.2, -0.15) is 11.8 Å². The molecule has 0 saturated carbocycles. The summed E-state index contributed by atoms with van der Waals surface area (Å²) < 4.78 is 2.90. The van der Waals surface area contributed by atoms with Crippen LogP contribution in [0.15, 0.2) is 16.7 Å². The van der Waals surface area contributed by atoms with Crippen molar-refractivity contribution in [2.24, 2.45) is 0 Å². The molecule has 0 fully saturated rings. The number of carbonyl (C=O) groups excluding carboxylic acids is 1. The first-order chi connectivity index (χ1) is 8.19. The summed E-state index contributed by atoms with van der Waals surface area (Å²) in [5, 5.41) is 2.96. The quantitative estimate of drug-likeness (QED) is 0.784. The highest BCUT2D eigenvalue weighted by molar-refractivity contribution is 9.10. The monoisotopic (exact) mass is 318 g/mol. The summed E-state index contributed by atoms with van der Waals surface area (Å²) in [6.45, 7) is 3.59. The summed E-state index contributed by atoms with van der Waals surface area (Å²) in [5.74, 6) is 1.17. The maximum absolute atomic E-state index is 11.9. The minimum absolute atomic E-state index is 0.0155. The van der Waals surface area contributed by atoms with Crippen molar-refractivity contribution in [3.05, 3.63) is 22.4 Å². The Labute approximate surface area is 115 Å². The Morgan fingerprint density at radius 1 is 1.53 bits per heavy atom. The van der Waals surface area contributed by atoms with Gasteiger partial charge >= 0.3 is 0 Å². The van der Waals surface area contributed by atoms with Gasteiger partial charge in [0, 0.05) is 23.8 Å². The summed E-state index contributed by atoms with van der Waals surface area (Å²) in [5.41, 5.74) is 0.726. The second-order valence-electron chi connectivity index (χ2n) is 3.79. The van der Waals surface area contributed by atoms with E-state index in [0.29, 0.717) is 0 Å². The predicted molar refractivity (Wildman–Crippen MR) is 77.8 cm³/mol. The van der Waals surface area contributed by atoms with Crippen LogP contribution in [0.2, 0.25) is 0 Å². The molecule has 17 heavy (non-hydrogen) atoms. The normalized spacial score (nSPS) is 10.5. The Morgan fingerprint density at radius 2 is 2.29 bits per heavy atom. The van der Waals surface area contributed by atoms with E-state index in [4.69, 9.17) is 0 Å². The van der Waals surface area contributed by atoms with Crippen LogP contribution in [0.1, 0.15) is 30.3 Å². The van der Waals surface area contributed by atoms with Gasteiger partial charge < -0.3 is 9.88 Å². The van der Waals surface area contributed by atoms with Crippen LogP contribution < -0.4 is 5.32 Å². The van der Waals surface area contributed by atoms with E-state index in [9.17, 15) is 4.79 Å². The number of aryl methyl sites for hydroxylation is 1. The molecule has 0 atom stereocenters. The molecular formula is C12H19BrN2OS. The van der Waals surface area contributed by atoms with Gasteiger partial charge in [0.05, 0.1) is 0 Å². The van der Waals surface area contributed by atoms with Crippen LogP contribution in [0, 0.1) is 0 Å². The van der Waals surface area contributed by atoms with Crippen molar-refractivity contribution >= 4 is 33.6 Å². The molecule has 0 saturated heterocycles. The largest absolute Gasteiger partial charge is 0.351 e. The lowest BCUT2D eigenvalue weighted by molar-refractivity contribution is 0.0944.